The van der Waals surface area contributed by atoms with Crippen molar-refractivity contribution in [1.29, 1.82) is 0 Å². The highest BCUT2D eigenvalue weighted by Crippen LogP contribution is 2.32. The van der Waals surface area contributed by atoms with Crippen LogP contribution in [0.15, 0.2) is 54.6 Å². The van der Waals surface area contributed by atoms with E-state index in [9.17, 15) is 31.2 Å². The molecule has 7 nitrogen and oxygen atoms in total. The number of nitrogens with zero attached hydrogens (tertiary/aromatic N) is 2. The van der Waals surface area contributed by atoms with Gasteiger partial charge in [0, 0.05) is 13.1 Å². The molecule has 0 saturated carbocycles. The van der Waals surface area contributed by atoms with Crippen LogP contribution >= 0.6 is 0 Å². The molecule has 0 bridgehead atoms. The predicted molar refractivity (Wildman–Crippen MR) is 128 cm³/mol. The number of alkyl halides is 3. The SMILES string of the molecule is CCCNC(=O)C(C)N(CCc1ccccc1)C(=O)CN(c1cccc(C(F)(F)F)c1)S(C)(=O)=O. The number of carbonyl (C=O) groups is 2. The van der Waals surface area contributed by atoms with E-state index in [4.69, 9.17) is 0 Å². The van der Waals surface area contributed by atoms with Gasteiger partial charge in [-0.2, -0.15) is 13.2 Å². The summed E-state index contributed by atoms with van der Waals surface area (Å²) >= 11 is 0. The molecule has 0 heterocycles. The number of nitrogens with one attached hydrogen (secondary N) is 1. The van der Waals surface area contributed by atoms with Crippen molar-refractivity contribution in [2.75, 3.05) is 30.2 Å². The Labute approximate surface area is 204 Å². The van der Waals surface area contributed by atoms with Crippen LogP contribution in [0, 0.1) is 0 Å². The Kier molecular flexibility index (Phi) is 9.70. The molecule has 1 atom stereocenters. The maximum Gasteiger partial charge on any atom is 0.416 e. The highest BCUT2D eigenvalue weighted by atomic mass is 32.2. The van der Waals surface area contributed by atoms with Crippen LogP contribution in [-0.2, 0) is 32.2 Å². The van der Waals surface area contributed by atoms with E-state index in [1.807, 2.05) is 37.3 Å². The Morgan fingerprint density at radius 1 is 1.06 bits per heavy atom. The molecule has 0 aliphatic carbocycles. The summed E-state index contributed by atoms with van der Waals surface area (Å²) in [5, 5.41) is 2.72. The van der Waals surface area contributed by atoms with Gasteiger partial charge < -0.3 is 10.2 Å². The van der Waals surface area contributed by atoms with Gasteiger partial charge in [-0.05, 0) is 43.5 Å². The zero-order valence-corrected chi connectivity index (χ0v) is 20.7. The van der Waals surface area contributed by atoms with Crippen LogP contribution in [0.1, 0.15) is 31.4 Å². The number of sulfonamides is 1. The van der Waals surface area contributed by atoms with E-state index in [2.05, 4.69) is 5.32 Å². The van der Waals surface area contributed by atoms with Crippen LogP contribution in [0.2, 0.25) is 0 Å². The van der Waals surface area contributed by atoms with Gasteiger partial charge in [-0.25, -0.2) is 8.42 Å². The average Bonchev–Trinajstić information content (AvgIpc) is 2.80. The largest absolute Gasteiger partial charge is 0.416 e. The van der Waals surface area contributed by atoms with Gasteiger partial charge in [0.25, 0.3) is 0 Å². The zero-order chi connectivity index (χ0) is 26.2. The summed E-state index contributed by atoms with van der Waals surface area (Å²) in [6, 6.07) is 12.1. The van der Waals surface area contributed by atoms with Crippen LogP contribution in [-0.4, -0.2) is 57.1 Å². The molecule has 1 N–H and O–H groups in total. The molecule has 2 aromatic rings. The van der Waals surface area contributed by atoms with Crippen molar-refractivity contribution in [2.24, 2.45) is 0 Å². The molecule has 1 unspecified atom stereocenters. The third-order valence-electron chi connectivity index (χ3n) is 5.34. The van der Waals surface area contributed by atoms with E-state index in [-0.39, 0.29) is 12.2 Å². The van der Waals surface area contributed by atoms with Crippen LogP contribution in [0.25, 0.3) is 0 Å². The third-order valence-corrected chi connectivity index (χ3v) is 6.48. The minimum atomic E-state index is -4.68. The lowest BCUT2D eigenvalue weighted by Crippen LogP contribution is -2.52. The van der Waals surface area contributed by atoms with Gasteiger partial charge in [-0.1, -0.05) is 43.3 Å². The first-order valence-corrected chi connectivity index (χ1v) is 13.0. The van der Waals surface area contributed by atoms with E-state index in [0.29, 0.717) is 29.8 Å². The fourth-order valence-corrected chi connectivity index (χ4v) is 4.26. The van der Waals surface area contributed by atoms with Crippen LogP contribution in [0.5, 0.6) is 0 Å². The summed E-state index contributed by atoms with van der Waals surface area (Å²) < 4.78 is 65.1. The topological polar surface area (TPSA) is 86.8 Å². The smallest absolute Gasteiger partial charge is 0.354 e. The Morgan fingerprint density at radius 3 is 2.29 bits per heavy atom. The molecule has 0 aliphatic heterocycles. The monoisotopic (exact) mass is 513 g/mol. The van der Waals surface area contributed by atoms with Crippen LogP contribution < -0.4 is 9.62 Å². The molecule has 0 radical (unpaired) electrons. The van der Waals surface area contributed by atoms with Gasteiger partial charge in [0.05, 0.1) is 17.5 Å². The van der Waals surface area contributed by atoms with Crippen LogP contribution in [0.3, 0.4) is 0 Å². The Hall–Kier alpha value is -3.08. The normalized spacial score (nSPS) is 12.6. The summed E-state index contributed by atoms with van der Waals surface area (Å²) in [6.45, 7) is 3.18. The molecular formula is C24H30F3N3O4S. The summed E-state index contributed by atoms with van der Waals surface area (Å²) in [4.78, 5) is 27.2. The maximum absolute atomic E-state index is 13.3. The zero-order valence-electron chi connectivity index (χ0n) is 19.9. The molecule has 11 heteroatoms. The Morgan fingerprint density at radius 2 is 1.71 bits per heavy atom. The second-order valence-electron chi connectivity index (χ2n) is 8.11. The van der Waals surface area contributed by atoms with Crippen molar-refractivity contribution in [2.45, 2.75) is 38.9 Å². The van der Waals surface area contributed by atoms with E-state index in [1.54, 1.807) is 0 Å². The number of amides is 2. The van der Waals surface area contributed by atoms with Gasteiger partial charge in [-0.15, -0.1) is 0 Å². The van der Waals surface area contributed by atoms with E-state index >= 15 is 0 Å². The van der Waals surface area contributed by atoms with Gasteiger partial charge in [0.15, 0.2) is 0 Å². The lowest BCUT2D eigenvalue weighted by atomic mass is 10.1. The molecule has 0 aliphatic rings. The van der Waals surface area contributed by atoms with Crippen molar-refractivity contribution in [3.05, 3.63) is 65.7 Å². The molecule has 2 amide bonds. The minimum absolute atomic E-state index is 0.115. The second kappa shape index (κ2) is 12.1. The fraction of sp³-hybridized carbons (Fsp3) is 0.417. The summed E-state index contributed by atoms with van der Waals surface area (Å²) in [5.41, 5.74) is -0.421. The summed E-state index contributed by atoms with van der Waals surface area (Å²) in [6.07, 6.45) is -2.78. The molecule has 2 rings (SSSR count). The quantitative estimate of drug-likeness (QED) is 0.499. The predicted octanol–water partition coefficient (Wildman–Crippen LogP) is 3.46. The first-order valence-electron chi connectivity index (χ1n) is 11.1. The number of carbonyl (C=O) groups excluding carboxylic acids is 2. The van der Waals surface area contributed by atoms with E-state index < -0.39 is 46.2 Å². The van der Waals surface area contributed by atoms with E-state index in [0.717, 1.165) is 24.0 Å². The van der Waals surface area contributed by atoms with Gasteiger partial charge in [-0.3, -0.25) is 13.9 Å². The molecular weight excluding hydrogens is 483 g/mol. The Bertz CT molecular complexity index is 1110. The van der Waals surface area contributed by atoms with Crippen molar-refractivity contribution in [1.82, 2.24) is 10.2 Å². The van der Waals surface area contributed by atoms with Gasteiger partial charge in [0.1, 0.15) is 12.6 Å². The van der Waals surface area contributed by atoms with Crippen molar-refractivity contribution < 1.29 is 31.2 Å². The van der Waals surface area contributed by atoms with Gasteiger partial charge >= 0.3 is 6.18 Å². The standard InChI is InChI=1S/C24H30F3N3O4S/c1-4-14-28-23(32)18(2)29(15-13-19-9-6-5-7-10-19)22(31)17-30(35(3,33)34)21-12-8-11-20(16-21)24(25,26)27/h5-12,16,18H,4,13-15,17H2,1-3H3,(H,28,32). The molecule has 0 fully saturated rings. The summed E-state index contributed by atoms with van der Waals surface area (Å²) in [5.74, 6) is -1.11. The highest BCUT2D eigenvalue weighted by molar-refractivity contribution is 7.92. The number of hydrogen-bond donors (Lipinski definition) is 1. The molecule has 192 valence electrons. The molecule has 0 saturated heterocycles. The van der Waals surface area contributed by atoms with Crippen LogP contribution in [0.4, 0.5) is 18.9 Å². The lowest BCUT2D eigenvalue weighted by molar-refractivity contribution is -0.138. The maximum atomic E-state index is 13.3. The Balaban J connectivity index is 2.35. The molecule has 0 aromatic heterocycles. The van der Waals surface area contributed by atoms with Gasteiger partial charge in [0.2, 0.25) is 21.8 Å². The minimum Gasteiger partial charge on any atom is -0.354 e. The van der Waals surface area contributed by atoms with Crippen molar-refractivity contribution in [3.8, 4) is 0 Å². The number of rotatable bonds is 11. The first kappa shape index (κ1) is 28.2. The van der Waals surface area contributed by atoms with E-state index in [1.165, 1.54) is 17.9 Å². The number of anilines is 1. The number of halogens is 3. The number of benzene rings is 2. The fourth-order valence-electron chi connectivity index (χ4n) is 3.42. The molecule has 2 aromatic carbocycles. The average molecular weight is 514 g/mol. The second-order valence-corrected chi connectivity index (χ2v) is 10.0. The first-order chi connectivity index (χ1) is 16.3. The van der Waals surface area contributed by atoms with Crippen molar-refractivity contribution in [3.63, 3.8) is 0 Å². The molecule has 0 spiro atoms. The highest BCUT2D eigenvalue weighted by Gasteiger charge is 2.33. The summed E-state index contributed by atoms with van der Waals surface area (Å²) in [7, 11) is -4.12. The number of hydrogen-bond acceptors (Lipinski definition) is 4. The van der Waals surface area contributed by atoms with Crippen molar-refractivity contribution >= 4 is 27.5 Å². The third kappa shape index (κ3) is 8.27. The lowest BCUT2D eigenvalue weighted by Gasteiger charge is -2.31. The molecule has 35 heavy (non-hydrogen) atoms.